The molecular formula is C30H38BrClN6O3. The van der Waals surface area contributed by atoms with Crippen molar-refractivity contribution in [2.45, 2.75) is 39.2 Å². The van der Waals surface area contributed by atoms with Gasteiger partial charge in [0.2, 0.25) is 17.1 Å². The number of pyridine rings is 3. The summed E-state index contributed by atoms with van der Waals surface area (Å²) in [6.07, 6.45) is 19.1. The van der Waals surface area contributed by atoms with Crippen LogP contribution in [0.2, 0.25) is 0 Å². The SMILES string of the molecule is C=CC(=O)Cl.C=CC(=O)Nc1cc[n+](CCCCCC)cc1.C=CC(=O)Nc1ccncc1.Nc1ccncc1.[Br-]. The van der Waals surface area contributed by atoms with E-state index in [1.54, 1.807) is 49.1 Å². The topological polar surface area (TPSA) is 131 Å². The third-order valence-electron chi connectivity index (χ3n) is 4.61. The van der Waals surface area contributed by atoms with Crippen LogP contribution in [0.5, 0.6) is 0 Å². The lowest BCUT2D eigenvalue weighted by atomic mass is 10.2. The number of carbonyl (C=O) groups excluding carboxylic acids is 3. The summed E-state index contributed by atoms with van der Waals surface area (Å²) in [5.74, 6) is -0.387. The average Bonchev–Trinajstić information content (AvgIpc) is 2.98. The number of halogens is 2. The molecule has 0 saturated heterocycles. The fourth-order valence-electron chi connectivity index (χ4n) is 2.60. The number of amides is 2. The molecule has 3 rings (SSSR count). The van der Waals surface area contributed by atoms with Gasteiger partial charge in [-0.2, -0.15) is 0 Å². The van der Waals surface area contributed by atoms with Crippen LogP contribution < -0.4 is 37.9 Å². The van der Waals surface area contributed by atoms with E-state index in [0.29, 0.717) is 0 Å². The Morgan fingerprint density at radius 2 is 1.24 bits per heavy atom. The molecule has 0 aromatic carbocycles. The zero-order valence-corrected chi connectivity index (χ0v) is 25.6. The predicted octanol–water partition coefficient (Wildman–Crippen LogP) is 2.49. The molecule has 0 spiro atoms. The Morgan fingerprint density at radius 3 is 1.61 bits per heavy atom. The number of unbranched alkanes of at least 4 members (excludes halogenated alkanes) is 3. The highest BCUT2D eigenvalue weighted by molar-refractivity contribution is 6.66. The average molecular weight is 646 g/mol. The van der Waals surface area contributed by atoms with Crippen LogP contribution in [0.1, 0.15) is 32.6 Å². The van der Waals surface area contributed by atoms with Crippen LogP contribution in [0.25, 0.3) is 0 Å². The van der Waals surface area contributed by atoms with Gasteiger partial charge in [0.1, 0.15) is 6.54 Å². The maximum Gasteiger partial charge on any atom is 0.247 e. The smallest absolute Gasteiger partial charge is 0.247 e. The van der Waals surface area contributed by atoms with Crippen molar-refractivity contribution in [2.75, 3.05) is 16.4 Å². The van der Waals surface area contributed by atoms with Crippen LogP contribution in [0.15, 0.2) is 112 Å². The molecule has 220 valence electrons. The fraction of sp³-hybridized carbons (Fsp3) is 0.200. The van der Waals surface area contributed by atoms with Gasteiger partial charge in [0.15, 0.2) is 12.4 Å². The van der Waals surface area contributed by atoms with E-state index < -0.39 is 5.24 Å². The van der Waals surface area contributed by atoms with E-state index in [4.69, 9.17) is 17.3 Å². The van der Waals surface area contributed by atoms with Crippen molar-refractivity contribution in [3.05, 3.63) is 112 Å². The van der Waals surface area contributed by atoms with Gasteiger partial charge in [-0.25, -0.2) is 4.57 Å². The maximum atomic E-state index is 11.1. The number of aromatic nitrogens is 3. The van der Waals surface area contributed by atoms with Crippen molar-refractivity contribution in [3.8, 4) is 0 Å². The second-order valence-corrected chi connectivity index (χ2v) is 8.17. The number of hydrogen-bond donors (Lipinski definition) is 3. The van der Waals surface area contributed by atoms with Crippen LogP contribution in [0.3, 0.4) is 0 Å². The molecule has 11 heteroatoms. The molecule has 3 aromatic heterocycles. The summed E-state index contributed by atoms with van der Waals surface area (Å²) >= 11 is 4.71. The molecule has 3 aromatic rings. The first-order valence-corrected chi connectivity index (χ1v) is 12.9. The number of rotatable bonds is 10. The van der Waals surface area contributed by atoms with Crippen molar-refractivity contribution in [3.63, 3.8) is 0 Å². The lowest BCUT2D eigenvalue weighted by molar-refractivity contribution is -0.697. The van der Waals surface area contributed by atoms with Crippen molar-refractivity contribution in [2.24, 2.45) is 0 Å². The predicted molar refractivity (Wildman–Crippen MR) is 162 cm³/mol. The molecular weight excluding hydrogens is 608 g/mol. The number of aryl methyl sites for hydroxylation is 1. The Bertz CT molecular complexity index is 1160. The molecule has 0 saturated carbocycles. The Kier molecular flexibility index (Phi) is 24.8. The van der Waals surface area contributed by atoms with Crippen molar-refractivity contribution >= 4 is 45.7 Å². The third-order valence-corrected chi connectivity index (χ3v) is 4.77. The van der Waals surface area contributed by atoms with E-state index in [9.17, 15) is 14.4 Å². The number of anilines is 3. The molecule has 0 aliphatic rings. The minimum absolute atomic E-state index is 0. The summed E-state index contributed by atoms with van der Waals surface area (Å²) in [6, 6.07) is 10.7. The molecule has 2 amide bonds. The molecule has 0 unspecified atom stereocenters. The second kappa shape index (κ2) is 26.1. The molecule has 0 aliphatic carbocycles. The first-order valence-electron chi connectivity index (χ1n) is 12.5. The zero-order valence-electron chi connectivity index (χ0n) is 23.2. The Morgan fingerprint density at radius 1 is 0.805 bits per heavy atom. The number of allylic oxidation sites excluding steroid dienone is 1. The van der Waals surface area contributed by atoms with Crippen molar-refractivity contribution in [1.29, 1.82) is 0 Å². The standard InChI is InChI=1S/C14H20N2O.C8H8N2O.C5H6N2.C3H3ClO.BrH/c1-3-5-6-7-10-16-11-8-13(9-12-16)15-14(17)4-2;1-2-8(11)10-7-3-5-9-6-4-7;6-5-1-3-7-4-2-5;1-2-3(4)5;/h4,8-9,11-12H,2-3,5-7,10H2,1H3;2-6H,1H2,(H,9,10,11);1-4H,(H2,6,7);2H,1H2;1H. The monoisotopic (exact) mass is 644 g/mol. The lowest BCUT2D eigenvalue weighted by Gasteiger charge is -2.01. The van der Waals surface area contributed by atoms with E-state index in [-0.39, 0.29) is 28.8 Å². The van der Waals surface area contributed by atoms with Crippen LogP contribution in [-0.2, 0) is 20.9 Å². The van der Waals surface area contributed by atoms with Gasteiger partial charge in [0.25, 0.3) is 0 Å². The Labute approximate surface area is 258 Å². The number of hydrogen-bond acceptors (Lipinski definition) is 6. The quantitative estimate of drug-likeness (QED) is 0.134. The molecule has 0 radical (unpaired) electrons. The lowest BCUT2D eigenvalue weighted by Crippen LogP contribution is -3.00. The maximum absolute atomic E-state index is 11.1. The number of nitrogens with two attached hydrogens (primary N) is 1. The summed E-state index contributed by atoms with van der Waals surface area (Å²) in [4.78, 5) is 38.8. The first kappa shape index (κ1) is 39.0. The van der Waals surface area contributed by atoms with Crippen LogP contribution in [0.4, 0.5) is 17.1 Å². The second-order valence-electron chi connectivity index (χ2n) is 7.80. The van der Waals surface area contributed by atoms with Gasteiger partial charge in [-0.3, -0.25) is 24.4 Å². The van der Waals surface area contributed by atoms with Gasteiger partial charge >= 0.3 is 0 Å². The van der Waals surface area contributed by atoms with Gasteiger partial charge in [0, 0.05) is 54.7 Å². The Hall–Kier alpha value is -4.15. The largest absolute Gasteiger partial charge is 1.00 e. The van der Waals surface area contributed by atoms with Crippen LogP contribution >= 0.6 is 11.6 Å². The summed E-state index contributed by atoms with van der Waals surface area (Å²) in [5, 5.41) is 4.81. The summed E-state index contributed by atoms with van der Waals surface area (Å²) in [7, 11) is 0. The number of carbonyl (C=O) groups is 3. The summed E-state index contributed by atoms with van der Waals surface area (Å²) in [5.41, 5.74) is 7.61. The highest BCUT2D eigenvalue weighted by atomic mass is 79.9. The zero-order chi connectivity index (χ0) is 30.0. The highest BCUT2D eigenvalue weighted by Gasteiger charge is 2.02. The van der Waals surface area contributed by atoms with E-state index in [1.807, 2.05) is 24.5 Å². The van der Waals surface area contributed by atoms with E-state index in [2.05, 4.69) is 51.8 Å². The third kappa shape index (κ3) is 23.5. The molecule has 0 bridgehead atoms. The first-order chi connectivity index (χ1) is 19.2. The summed E-state index contributed by atoms with van der Waals surface area (Å²) < 4.78 is 2.14. The number of nitrogen functional groups attached to an aromatic ring is 1. The molecule has 0 aliphatic heterocycles. The van der Waals surface area contributed by atoms with E-state index in [1.165, 1.54) is 37.8 Å². The molecule has 0 fully saturated rings. The van der Waals surface area contributed by atoms with Crippen LogP contribution in [-0.4, -0.2) is 27.0 Å². The van der Waals surface area contributed by atoms with Gasteiger partial charge in [-0.15, -0.1) is 0 Å². The van der Waals surface area contributed by atoms with E-state index >= 15 is 0 Å². The highest BCUT2D eigenvalue weighted by Crippen LogP contribution is 2.04. The number of nitrogens with one attached hydrogen (secondary N) is 2. The van der Waals surface area contributed by atoms with Gasteiger partial charge in [0.05, 0.1) is 5.69 Å². The summed E-state index contributed by atoms with van der Waals surface area (Å²) in [6.45, 7) is 13.1. The van der Waals surface area contributed by atoms with Gasteiger partial charge in [-0.05, 0) is 60.5 Å². The molecule has 3 heterocycles. The van der Waals surface area contributed by atoms with Crippen LogP contribution in [0, 0.1) is 0 Å². The minimum atomic E-state index is -0.509. The van der Waals surface area contributed by atoms with Gasteiger partial charge in [-0.1, -0.05) is 39.5 Å². The fourth-order valence-corrected chi connectivity index (χ4v) is 2.60. The minimum Gasteiger partial charge on any atom is -1.00 e. The molecule has 0 atom stereocenters. The molecule has 41 heavy (non-hydrogen) atoms. The molecule has 9 nitrogen and oxygen atoms in total. The van der Waals surface area contributed by atoms with Crippen molar-refractivity contribution < 1.29 is 35.9 Å². The van der Waals surface area contributed by atoms with E-state index in [0.717, 1.165) is 29.7 Å². The Balaban J connectivity index is 0. The molecule has 4 N–H and O–H groups in total. The normalized spacial score (nSPS) is 8.73. The number of nitrogens with zero attached hydrogens (tertiary/aromatic N) is 3. The van der Waals surface area contributed by atoms with Crippen molar-refractivity contribution in [1.82, 2.24) is 9.97 Å². The van der Waals surface area contributed by atoms with Gasteiger partial charge < -0.3 is 33.3 Å².